The Bertz CT molecular complexity index is 897. The summed E-state index contributed by atoms with van der Waals surface area (Å²) in [5, 5.41) is 1.21. The van der Waals surface area contributed by atoms with Crippen molar-refractivity contribution in [3.63, 3.8) is 0 Å². The third-order valence-electron chi connectivity index (χ3n) is 5.83. The molecule has 0 radical (unpaired) electrons. The highest BCUT2D eigenvalue weighted by Gasteiger charge is 2.35. The molecule has 0 atom stereocenters. The van der Waals surface area contributed by atoms with Gasteiger partial charge in [-0.15, -0.1) is 4.91 Å². The second kappa shape index (κ2) is 11.3. The lowest BCUT2D eigenvalue weighted by Gasteiger charge is -2.37. The van der Waals surface area contributed by atoms with Gasteiger partial charge in [0.05, 0.1) is 13.0 Å². The molecule has 1 heterocycles. The fourth-order valence-corrected chi connectivity index (χ4v) is 5.07. The number of nitrogens with zero attached hydrogens (tertiary/aromatic N) is 2. The molecule has 1 saturated heterocycles. The number of carbonyl (C=O) groups excluding carboxylic acids is 1. The number of nitroso groups, excluding NO2 is 1. The normalized spacial score (nSPS) is 16.1. The lowest BCUT2D eigenvalue weighted by Crippen LogP contribution is -2.41. The lowest BCUT2D eigenvalue weighted by atomic mass is 9.93. The highest BCUT2D eigenvalue weighted by Crippen LogP contribution is 2.39. The van der Waals surface area contributed by atoms with Gasteiger partial charge in [0, 0.05) is 37.7 Å². The molecule has 3 rings (SSSR count). The second-order valence-corrected chi connectivity index (χ2v) is 9.96. The molecule has 0 unspecified atom stereocenters. The van der Waals surface area contributed by atoms with Crippen molar-refractivity contribution < 1.29 is 9.53 Å². The molecule has 2 aromatic rings. The molecular formula is C23H26Cl2N2O3S. The third kappa shape index (κ3) is 6.69. The SMILES string of the molecule is CN1CCC(CCOC(=O)Cc2ccccc2Cc2c(Cl)cccc2Cl)(SN=O)CC1. The van der Waals surface area contributed by atoms with Gasteiger partial charge in [0.25, 0.3) is 0 Å². The molecule has 0 amide bonds. The molecule has 2 aromatic carbocycles. The van der Waals surface area contributed by atoms with Crippen LogP contribution >= 0.6 is 35.1 Å². The molecule has 0 saturated carbocycles. The zero-order valence-corrected chi connectivity index (χ0v) is 19.8. The van der Waals surface area contributed by atoms with Crippen molar-refractivity contribution in [2.45, 2.75) is 36.9 Å². The van der Waals surface area contributed by atoms with Gasteiger partial charge in [0.2, 0.25) is 0 Å². The molecule has 1 aliphatic heterocycles. The first-order chi connectivity index (χ1) is 14.9. The van der Waals surface area contributed by atoms with Gasteiger partial charge in [0.1, 0.15) is 0 Å². The Morgan fingerprint density at radius 1 is 1.10 bits per heavy atom. The van der Waals surface area contributed by atoms with Gasteiger partial charge in [-0.25, -0.2) is 0 Å². The predicted octanol–water partition coefficient (Wildman–Crippen LogP) is 5.94. The molecule has 5 nitrogen and oxygen atoms in total. The molecule has 1 aliphatic rings. The van der Waals surface area contributed by atoms with Gasteiger partial charge in [-0.3, -0.25) is 4.79 Å². The second-order valence-electron chi connectivity index (χ2n) is 7.95. The van der Waals surface area contributed by atoms with Crippen LogP contribution in [-0.4, -0.2) is 42.4 Å². The summed E-state index contributed by atoms with van der Waals surface area (Å²) in [5.41, 5.74) is 2.72. The number of benzene rings is 2. The average molecular weight is 481 g/mol. The fourth-order valence-electron chi connectivity index (χ4n) is 3.84. The maximum absolute atomic E-state index is 12.5. The first kappa shape index (κ1) is 24.1. The van der Waals surface area contributed by atoms with E-state index in [9.17, 15) is 9.70 Å². The molecule has 0 aromatic heterocycles. The van der Waals surface area contributed by atoms with Crippen LogP contribution in [0.25, 0.3) is 0 Å². The van der Waals surface area contributed by atoms with E-state index >= 15 is 0 Å². The van der Waals surface area contributed by atoms with Crippen LogP contribution in [0.5, 0.6) is 0 Å². The van der Waals surface area contributed by atoms with Crippen molar-refractivity contribution in [1.82, 2.24) is 4.90 Å². The van der Waals surface area contributed by atoms with Crippen molar-refractivity contribution in [3.05, 3.63) is 74.1 Å². The Morgan fingerprint density at radius 3 is 2.39 bits per heavy atom. The van der Waals surface area contributed by atoms with E-state index in [1.165, 1.54) is 0 Å². The number of piperidine rings is 1. The number of likely N-dealkylation sites (tertiary alicyclic amines) is 1. The van der Waals surface area contributed by atoms with Crippen LogP contribution in [0.2, 0.25) is 10.0 Å². The highest BCUT2D eigenvalue weighted by atomic mass is 35.5. The number of hydrogen-bond donors (Lipinski definition) is 0. The average Bonchev–Trinajstić information content (AvgIpc) is 2.74. The largest absolute Gasteiger partial charge is 0.465 e. The number of esters is 1. The van der Waals surface area contributed by atoms with Crippen LogP contribution in [0.15, 0.2) is 47.0 Å². The van der Waals surface area contributed by atoms with Crippen molar-refractivity contribution >= 4 is 41.1 Å². The summed E-state index contributed by atoms with van der Waals surface area (Å²) < 4.78 is 8.37. The van der Waals surface area contributed by atoms with E-state index in [0.29, 0.717) is 22.9 Å². The molecular weight excluding hydrogens is 455 g/mol. The minimum absolute atomic E-state index is 0.174. The van der Waals surface area contributed by atoms with Crippen molar-refractivity contribution in [2.75, 3.05) is 26.7 Å². The first-order valence-electron chi connectivity index (χ1n) is 10.3. The van der Waals surface area contributed by atoms with Crippen LogP contribution in [0.3, 0.4) is 0 Å². The van der Waals surface area contributed by atoms with Crippen molar-refractivity contribution in [1.29, 1.82) is 0 Å². The Balaban J connectivity index is 1.59. The Labute approximate surface area is 197 Å². The van der Waals surface area contributed by atoms with E-state index in [1.54, 1.807) is 0 Å². The van der Waals surface area contributed by atoms with Crippen molar-refractivity contribution in [3.8, 4) is 0 Å². The van der Waals surface area contributed by atoms with E-state index in [2.05, 4.69) is 16.5 Å². The number of halogens is 2. The van der Waals surface area contributed by atoms with E-state index < -0.39 is 0 Å². The smallest absolute Gasteiger partial charge is 0.310 e. The van der Waals surface area contributed by atoms with Crippen LogP contribution in [0.1, 0.15) is 36.0 Å². The predicted molar refractivity (Wildman–Crippen MR) is 128 cm³/mol. The summed E-state index contributed by atoms with van der Waals surface area (Å²) in [4.78, 5) is 25.7. The van der Waals surface area contributed by atoms with E-state index in [4.69, 9.17) is 27.9 Å². The molecule has 166 valence electrons. The van der Waals surface area contributed by atoms with E-state index in [1.807, 2.05) is 42.5 Å². The molecule has 1 fully saturated rings. The third-order valence-corrected chi connectivity index (χ3v) is 7.61. The van der Waals surface area contributed by atoms with E-state index in [-0.39, 0.29) is 23.7 Å². The summed E-state index contributed by atoms with van der Waals surface area (Å²) in [6, 6.07) is 13.2. The van der Waals surface area contributed by atoms with Gasteiger partial charge >= 0.3 is 5.97 Å². The summed E-state index contributed by atoms with van der Waals surface area (Å²) >= 11 is 13.7. The van der Waals surface area contributed by atoms with Crippen molar-refractivity contribution in [2.24, 2.45) is 4.58 Å². The number of hydrogen-bond acceptors (Lipinski definition) is 6. The molecule has 8 heteroatoms. The number of rotatable bonds is 9. The van der Waals surface area contributed by atoms with Gasteiger partial charge < -0.3 is 9.64 Å². The lowest BCUT2D eigenvalue weighted by molar-refractivity contribution is -0.143. The van der Waals surface area contributed by atoms with Crippen LogP contribution in [0.4, 0.5) is 0 Å². The molecule has 31 heavy (non-hydrogen) atoms. The van der Waals surface area contributed by atoms with Crippen LogP contribution in [-0.2, 0) is 22.4 Å². The van der Waals surface area contributed by atoms with Gasteiger partial charge in [-0.2, -0.15) is 0 Å². The molecule has 0 bridgehead atoms. The Morgan fingerprint density at radius 2 is 1.74 bits per heavy atom. The number of ether oxygens (including phenoxy) is 1. The van der Waals surface area contributed by atoms with E-state index in [0.717, 1.165) is 54.6 Å². The summed E-state index contributed by atoms with van der Waals surface area (Å²) in [7, 11) is 2.07. The minimum atomic E-state index is -0.287. The minimum Gasteiger partial charge on any atom is -0.465 e. The van der Waals surface area contributed by atoms with Crippen LogP contribution < -0.4 is 0 Å². The summed E-state index contributed by atoms with van der Waals surface area (Å²) in [6.07, 6.45) is 3.06. The highest BCUT2D eigenvalue weighted by molar-refractivity contribution is 7.99. The topological polar surface area (TPSA) is 59.0 Å². The summed E-state index contributed by atoms with van der Waals surface area (Å²) in [5.74, 6) is -0.287. The number of carbonyl (C=O) groups is 1. The maximum Gasteiger partial charge on any atom is 0.310 e. The monoisotopic (exact) mass is 480 g/mol. The zero-order chi connectivity index (χ0) is 22.3. The quantitative estimate of drug-likeness (QED) is 0.252. The van der Waals surface area contributed by atoms with Gasteiger partial charge in [-0.1, -0.05) is 53.5 Å². The zero-order valence-electron chi connectivity index (χ0n) is 17.5. The summed E-state index contributed by atoms with van der Waals surface area (Å²) in [6.45, 7) is 2.10. The maximum atomic E-state index is 12.5. The molecule has 0 spiro atoms. The standard InChI is InChI=1S/C23H26Cl2N2O3S/c1-27-12-9-23(10-13-27,31-26-29)11-14-30-22(28)16-18-6-3-2-5-17(18)15-19-20(24)7-4-8-21(19)25/h2-8H,9-16H2,1H3. The van der Waals surface area contributed by atoms with Crippen LogP contribution in [0, 0.1) is 4.91 Å². The first-order valence-corrected chi connectivity index (χ1v) is 11.8. The van der Waals surface area contributed by atoms with Gasteiger partial charge in [-0.05, 0) is 68.2 Å². The molecule has 0 N–H and O–H groups in total. The Kier molecular flexibility index (Phi) is 8.78. The molecule has 0 aliphatic carbocycles. The Hall–Kier alpha value is -1.60. The fraction of sp³-hybridized carbons (Fsp3) is 0.435. The van der Waals surface area contributed by atoms with Gasteiger partial charge in [0.15, 0.2) is 0 Å².